The third-order valence-corrected chi connectivity index (χ3v) is 3.87. The molecule has 0 heterocycles. The zero-order valence-corrected chi connectivity index (χ0v) is 10.9. The molecule has 0 radical (unpaired) electrons. The van der Waals surface area contributed by atoms with Crippen molar-refractivity contribution in [1.29, 1.82) is 0 Å². The van der Waals surface area contributed by atoms with Crippen LogP contribution in [-0.4, -0.2) is 16.7 Å². The zero-order chi connectivity index (χ0) is 13.2. The number of carbonyl (C=O) groups is 2. The molecule has 1 N–H and O–H groups in total. The standard InChI is InChI=1S/C14H20O3/c1-5-9(3)10-7-12(16)14(4,6-2)13(17)11(10)8-15/h7-9,15H,5-6H2,1-4H3/t9-,14+/m0/s1. The van der Waals surface area contributed by atoms with Crippen molar-refractivity contribution in [3.8, 4) is 0 Å². The molecule has 0 saturated carbocycles. The number of allylic oxidation sites excluding steroid dienone is 3. The first-order chi connectivity index (χ1) is 7.92. The average Bonchev–Trinajstić information content (AvgIpc) is 2.34. The maximum Gasteiger partial charge on any atom is 0.179 e. The molecule has 0 amide bonds. The molecule has 0 aromatic heterocycles. The first-order valence-corrected chi connectivity index (χ1v) is 6.07. The molecule has 2 atom stereocenters. The van der Waals surface area contributed by atoms with Crippen molar-refractivity contribution in [1.82, 2.24) is 0 Å². The molecule has 0 aromatic carbocycles. The van der Waals surface area contributed by atoms with Crippen LogP contribution in [0.5, 0.6) is 0 Å². The van der Waals surface area contributed by atoms with Gasteiger partial charge in [0.25, 0.3) is 0 Å². The van der Waals surface area contributed by atoms with E-state index >= 15 is 0 Å². The van der Waals surface area contributed by atoms with Crippen LogP contribution >= 0.6 is 0 Å². The summed E-state index contributed by atoms with van der Waals surface area (Å²) in [7, 11) is 0. The van der Waals surface area contributed by atoms with Crippen LogP contribution in [0.1, 0.15) is 40.5 Å². The molecule has 1 aliphatic rings. The van der Waals surface area contributed by atoms with Crippen molar-refractivity contribution in [3.05, 3.63) is 23.5 Å². The van der Waals surface area contributed by atoms with Gasteiger partial charge >= 0.3 is 0 Å². The van der Waals surface area contributed by atoms with E-state index in [0.29, 0.717) is 17.6 Å². The Hall–Kier alpha value is -1.38. The fourth-order valence-electron chi connectivity index (χ4n) is 2.01. The van der Waals surface area contributed by atoms with Crippen molar-refractivity contribution in [2.45, 2.75) is 40.5 Å². The molecule has 94 valence electrons. The predicted octanol–water partition coefficient (Wildman–Crippen LogP) is 2.97. The number of aliphatic hydroxyl groups is 1. The van der Waals surface area contributed by atoms with E-state index < -0.39 is 5.41 Å². The summed E-state index contributed by atoms with van der Waals surface area (Å²) in [5, 5.41) is 9.26. The van der Waals surface area contributed by atoms with E-state index in [2.05, 4.69) is 0 Å². The summed E-state index contributed by atoms with van der Waals surface area (Å²) < 4.78 is 0. The molecule has 3 nitrogen and oxygen atoms in total. The van der Waals surface area contributed by atoms with Gasteiger partial charge in [0.2, 0.25) is 0 Å². The number of aliphatic hydroxyl groups excluding tert-OH is 1. The van der Waals surface area contributed by atoms with Crippen molar-refractivity contribution in [2.75, 3.05) is 0 Å². The van der Waals surface area contributed by atoms with Crippen molar-refractivity contribution in [3.63, 3.8) is 0 Å². The van der Waals surface area contributed by atoms with Gasteiger partial charge in [-0.15, -0.1) is 0 Å². The highest BCUT2D eigenvalue weighted by atomic mass is 16.2. The lowest BCUT2D eigenvalue weighted by Gasteiger charge is -2.31. The van der Waals surface area contributed by atoms with Crippen LogP contribution in [0.25, 0.3) is 0 Å². The molecular weight excluding hydrogens is 216 g/mol. The fourth-order valence-corrected chi connectivity index (χ4v) is 2.01. The van der Waals surface area contributed by atoms with Gasteiger partial charge in [0.1, 0.15) is 0 Å². The van der Waals surface area contributed by atoms with Crippen LogP contribution < -0.4 is 0 Å². The molecule has 0 unspecified atom stereocenters. The summed E-state index contributed by atoms with van der Waals surface area (Å²) in [6, 6.07) is 0. The number of hydrogen-bond donors (Lipinski definition) is 1. The minimum Gasteiger partial charge on any atom is -0.515 e. The molecule has 0 bridgehead atoms. The van der Waals surface area contributed by atoms with Gasteiger partial charge in [0.05, 0.1) is 17.3 Å². The molecule has 1 rings (SSSR count). The first-order valence-electron chi connectivity index (χ1n) is 6.07. The summed E-state index contributed by atoms with van der Waals surface area (Å²) in [5.41, 5.74) is -0.0508. The van der Waals surface area contributed by atoms with Crippen molar-refractivity contribution < 1.29 is 14.7 Å². The maximum absolute atomic E-state index is 12.3. The highest BCUT2D eigenvalue weighted by Crippen LogP contribution is 2.38. The summed E-state index contributed by atoms with van der Waals surface area (Å²) >= 11 is 0. The number of ketones is 2. The Morgan fingerprint density at radius 2 is 2.00 bits per heavy atom. The van der Waals surface area contributed by atoms with Gasteiger partial charge in [-0.05, 0) is 37.3 Å². The second-order valence-electron chi connectivity index (χ2n) is 4.83. The SMILES string of the molecule is CC[C@H](C)C1=CC(=O)[C@@](C)(CC)C(=O)C1=CO. The van der Waals surface area contributed by atoms with E-state index in [4.69, 9.17) is 0 Å². The number of hydrogen-bond acceptors (Lipinski definition) is 3. The summed E-state index contributed by atoms with van der Waals surface area (Å²) in [4.78, 5) is 24.3. The van der Waals surface area contributed by atoms with E-state index in [9.17, 15) is 14.7 Å². The minimum absolute atomic E-state index is 0.0997. The quantitative estimate of drug-likeness (QED) is 0.465. The Kier molecular flexibility index (Phi) is 3.91. The molecule has 0 spiro atoms. The Labute approximate surface area is 102 Å². The van der Waals surface area contributed by atoms with Gasteiger partial charge in [0.15, 0.2) is 11.6 Å². The minimum atomic E-state index is -1.01. The van der Waals surface area contributed by atoms with E-state index in [-0.39, 0.29) is 17.5 Å². The van der Waals surface area contributed by atoms with Crippen LogP contribution in [0, 0.1) is 11.3 Å². The van der Waals surface area contributed by atoms with Crippen LogP contribution in [0.4, 0.5) is 0 Å². The van der Waals surface area contributed by atoms with E-state index in [0.717, 1.165) is 12.7 Å². The lowest BCUT2D eigenvalue weighted by molar-refractivity contribution is -0.135. The number of Topliss-reactive ketones (excluding diaryl/α,β-unsaturated/α-hetero) is 1. The average molecular weight is 236 g/mol. The van der Waals surface area contributed by atoms with Crippen LogP contribution in [0.2, 0.25) is 0 Å². The smallest absolute Gasteiger partial charge is 0.179 e. The lowest BCUT2D eigenvalue weighted by atomic mass is 9.68. The highest BCUT2D eigenvalue weighted by molar-refractivity contribution is 6.22. The van der Waals surface area contributed by atoms with E-state index in [1.807, 2.05) is 20.8 Å². The Balaban J connectivity index is 3.33. The van der Waals surface area contributed by atoms with Crippen molar-refractivity contribution >= 4 is 11.6 Å². The van der Waals surface area contributed by atoms with Crippen LogP contribution in [0.3, 0.4) is 0 Å². The maximum atomic E-state index is 12.3. The Bertz CT molecular complexity index is 404. The lowest BCUT2D eigenvalue weighted by Crippen LogP contribution is -2.40. The Morgan fingerprint density at radius 3 is 2.41 bits per heavy atom. The summed E-state index contributed by atoms with van der Waals surface area (Å²) in [5.74, 6) is -0.307. The van der Waals surface area contributed by atoms with E-state index in [1.165, 1.54) is 6.08 Å². The number of rotatable bonds is 3. The molecule has 0 fully saturated rings. The third kappa shape index (κ3) is 2.06. The molecule has 0 aromatic rings. The Morgan fingerprint density at radius 1 is 1.41 bits per heavy atom. The predicted molar refractivity (Wildman–Crippen MR) is 66.7 cm³/mol. The second kappa shape index (κ2) is 4.86. The monoisotopic (exact) mass is 236 g/mol. The van der Waals surface area contributed by atoms with E-state index in [1.54, 1.807) is 6.92 Å². The van der Waals surface area contributed by atoms with Crippen LogP contribution in [0.15, 0.2) is 23.5 Å². The van der Waals surface area contributed by atoms with Gasteiger partial charge in [-0.25, -0.2) is 0 Å². The topological polar surface area (TPSA) is 54.4 Å². The molecule has 1 aliphatic carbocycles. The van der Waals surface area contributed by atoms with Gasteiger partial charge in [-0.2, -0.15) is 0 Å². The van der Waals surface area contributed by atoms with Crippen molar-refractivity contribution in [2.24, 2.45) is 11.3 Å². The van der Waals surface area contributed by atoms with Gasteiger partial charge in [-0.1, -0.05) is 20.8 Å². The molecule has 3 heteroatoms. The van der Waals surface area contributed by atoms with Crippen LogP contribution in [-0.2, 0) is 9.59 Å². The summed E-state index contributed by atoms with van der Waals surface area (Å²) in [6.45, 7) is 7.39. The summed E-state index contributed by atoms with van der Waals surface area (Å²) in [6.07, 6.45) is 3.65. The molecule has 0 aliphatic heterocycles. The molecular formula is C14H20O3. The van der Waals surface area contributed by atoms with Gasteiger partial charge in [-0.3, -0.25) is 9.59 Å². The second-order valence-corrected chi connectivity index (χ2v) is 4.83. The highest BCUT2D eigenvalue weighted by Gasteiger charge is 2.44. The zero-order valence-electron chi connectivity index (χ0n) is 10.9. The first kappa shape index (κ1) is 13.7. The largest absolute Gasteiger partial charge is 0.515 e. The van der Waals surface area contributed by atoms with Gasteiger partial charge < -0.3 is 5.11 Å². The third-order valence-electron chi connectivity index (χ3n) is 3.87. The number of carbonyl (C=O) groups excluding carboxylic acids is 2. The van der Waals surface area contributed by atoms with Gasteiger partial charge in [0, 0.05) is 0 Å². The molecule has 17 heavy (non-hydrogen) atoms. The fraction of sp³-hybridized carbons (Fsp3) is 0.571. The normalized spacial score (nSPS) is 29.4. The molecule has 0 saturated heterocycles.